The van der Waals surface area contributed by atoms with Crippen molar-refractivity contribution in [3.05, 3.63) is 234 Å². The maximum Gasteiger partial charge on any atom is 0.160 e. The van der Waals surface area contributed by atoms with Crippen molar-refractivity contribution >= 4 is 70.3 Å². The fraction of sp³-hybridized carbons (Fsp3) is 0.0847. The standard InChI is InChI=1S/C59H44N2S/c1-38-31-32-41-19-11-12-26-48(41)57(38)51-35-45-23-10-9-22-44(45)34-50(51)39(2)47-36-52-49-27-13-14-30-56(49)62-58(52)53(37-47)55-29-16-28-54(42-20-7-4-8-21-42)60-59(61-55)46-25-15-24-43(33-46)40-17-5-3-6-18-40/h3-15,17-27,29-37,39H,16,28H2,1-2H3. The molecule has 0 bridgehead atoms. The Morgan fingerprint density at radius 1 is 0.500 bits per heavy atom. The molecule has 1 aliphatic rings. The van der Waals surface area contributed by atoms with Gasteiger partial charge in [-0.3, -0.25) is 0 Å². The van der Waals surface area contributed by atoms with Crippen LogP contribution in [0.3, 0.4) is 0 Å². The normalized spacial score (nSPS) is 13.7. The molecule has 1 aromatic heterocycles. The highest BCUT2D eigenvalue weighted by Gasteiger charge is 2.23. The second-order valence-electron chi connectivity index (χ2n) is 16.5. The number of aryl methyl sites for hydroxylation is 1. The third kappa shape index (κ3) is 6.95. The van der Waals surface area contributed by atoms with E-state index in [1.54, 1.807) is 0 Å². The van der Waals surface area contributed by atoms with Gasteiger partial charge in [-0.2, -0.15) is 0 Å². The van der Waals surface area contributed by atoms with Crippen LogP contribution in [0.4, 0.5) is 0 Å². The van der Waals surface area contributed by atoms with E-state index < -0.39 is 0 Å². The van der Waals surface area contributed by atoms with Crippen molar-refractivity contribution < 1.29 is 0 Å². The average molecular weight is 813 g/mol. The summed E-state index contributed by atoms with van der Waals surface area (Å²) in [5.41, 5.74) is 14.1. The molecule has 11 rings (SSSR count). The van der Waals surface area contributed by atoms with Crippen molar-refractivity contribution in [2.75, 3.05) is 0 Å². The molecule has 1 atom stereocenters. The van der Waals surface area contributed by atoms with Crippen LogP contribution in [-0.4, -0.2) is 11.5 Å². The van der Waals surface area contributed by atoms with E-state index in [0.29, 0.717) is 0 Å². The first-order chi connectivity index (χ1) is 30.6. The molecule has 296 valence electrons. The number of amidine groups is 1. The van der Waals surface area contributed by atoms with Gasteiger partial charge in [0.05, 0.1) is 11.4 Å². The van der Waals surface area contributed by atoms with E-state index in [1.165, 1.54) is 75.1 Å². The number of hydrogen-bond donors (Lipinski definition) is 0. The first-order valence-electron chi connectivity index (χ1n) is 21.6. The zero-order valence-corrected chi connectivity index (χ0v) is 35.7. The summed E-state index contributed by atoms with van der Waals surface area (Å²) in [5, 5.41) is 7.59. The van der Waals surface area contributed by atoms with Crippen LogP contribution in [0, 0.1) is 6.92 Å². The molecule has 2 nitrogen and oxygen atoms in total. The highest BCUT2D eigenvalue weighted by molar-refractivity contribution is 7.26. The molecular formula is C59H44N2S. The molecule has 0 saturated heterocycles. The Kier molecular flexibility index (Phi) is 9.75. The molecule has 62 heavy (non-hydrogen) atoms. The van der Waals surface area contributed by atoms with Crippen LogP contribution in [0.25, 0.3) is 69.7 Å². The van der Waals surface area contributed by atoms with Gasteiger partial charge < -0.3 is 0 Å². The van der Waals surface area contributed by atoms with Crippen molar-refractivity contribution in [2.24, 2.45) is 9.98 Å². The van der Waals surface area contributed by atoms with Crippen molar-refractivity contribution in [3.63, 3.8) is 0 Å². The van der Waals surface area contributed by atoms with Crippen LogP contribution in [0.5, 0.6) is 0 Å². The van der Waals surface area contributed by atoms with Crippen LogP contribution in [0.1, 0.15) is 59.1 Å². The van der Waals surface area contributed by atoms with E-state index in [9.17, 15) is 0 Å². The van der Waals surface area contributed by atoms with Crippen LogP contribution in [0.2, 0.25) is 0 Å². The van der Waals surface area contributed by atoms with Crippen molar-refractivity contribution in [1.29, 1.82) is 0 Å². The lowest BCUT2D eigenvalue weighted by Crippen LogP contribution is -2.09. The Morgan fingerprint density at radius 2 is 1.16 bits per heavy atom. The second-order valence-corrected chi connectivity index (χ2v) is 17.5. The summed E-state index contributed by atoms with van der Waals surface area (Å²) >= 11 is 1.86. The minimum Gasteiger partial charge on any atom is -0.232 e. The van der Waals surface area contributed by atoms with E-state index >= 15 is 0 Å². The smallest absolute Gasteiger partial charge is 0.160 e. The number of nitrogens with zero attached hydrogens (tertiary/aromatic N) is 2. The minimum absolute atomic E-state index is 0.0673. The van der Waals surface area contributed by atoms with E-state index in [2.05, 4.69) is 214 Å². The SMILES string of the molecule is Cc1ccc2ccccc2c1-c1cc2ccccc2cc1C(C)c1cc(C2=CCCC(c3ccccc3)=NC(c3cccc(-c4ccccc4)c3)=N2)c2sc3ccccc3c2c1. The molecule has 0 spiro atoms. The van der Waals surface area contributed by atoms with Gasteiger partial charge in [-0.1, -0.05) is 171 Å². The third-order valence-electron chi connectivity index (χ3n) is 12.6. The van der Waals surface area contributed by atoms with Gasteiger partial charge >= 0.3 is 0 Å². The molecule has 0 N–H and O–H groups in total. The van der Waals surface area contributed by atoms with Crippen molar-refractivity contribution in [2.45, 2.75) is 32.6 Å². The topological polar surface area (TPSA) is 24.7 Å². The lowest BCUT2D eigenvalue weighted by Gasteiger charge is -2.22. The summed E-state index contributed by atoms with van der Waals surface area (Å²) in [6.45, 7) is 4.64. The fourth-order valence-electron chi connectivity index (χ4n) is 9.36. The number of benzene rings is 9. The quantitative estimate of drug-likeness (QED) is 0.153. The Labute approximate surface area is 366 Å². The van der Waals surface area contributed by atoms with Crippen LogP contribution in [0.15, 0.2) is 210 Å². The molecule has 0 amide bonds. The van der Waals surface area contributed by atoms with Crippen molar-refractivity contribution in [3.8, 4) is 22.3 Å². The number of fused-ring (bicyclic) bond motifs is 5. The molecule has 1 unspecified atom stereocenters. The third-order valence-corrected chi connectivity index (χ3v) is 13.8. The first-order valence-corrected chi connectivity index (χ1v) is 22.4. The maximum absolute atomic E-state index is 5.63. The molecule has 9 aromatic carbocycles. The lowest BCUT2D eigenvalue weighted by atomic mass is 9.82. The molecule has 1 aliphatic heterocycles. The fourth-order valence-corrected chi connectivity index (χ4v) is 10.6. The van der Waals surface area contributed by atoms with E-state index in [0.717, 1.165) is 52.3 Å². The zero-order chi connectivity index (χ0) is 41.6. The monoisotopic (exact) mass is 812 g/mol. The molecule has 2 heterocycles. The van der Waals surface area contributed by atoms with Crippen LogP contribution in [-0.2, 0) is 0 Å². The van der Waals surface area contributed by atoms with Gasteiger partial charge in [0.1, 0.15) is 0 Å². The molecular weight excluding hydrogens is 769 g/mol. The summed E-state index contributed by atoms with van der Waals surface area (Å²) in [6, 6.07) is 70.6. The molecule has 0 fully saturated rings. The van der Waals surface area contributed by atoms with Gasteiger partial charge in [-0.05, 0) is 122 Å². The summed E-state index contributed by atoms with van der Waals surface area (Å²) in [4.78, 5) is 11.1. The Morgan fingerprint density at radius 3 is 1.97 bits per heavy atom. The first kappa shape index (κ1) is 37.8. The molecule has 3 heteroatoms. The van der Waals surface area contributed by atoms with E-state index in [4.69, 9.17) is 9.98 Å². The second kappa shape index (κ2) is 16.0. The largest absolute Gasteiger partial charge is 0.232 e. The molecule has 0 saturated carbocycles. The zero-order valence-electron chi connectivity index (χ0n) is 34.8. The number of allylic oxidation sites excluding steroid dienone is 1. The number of thiophene rings is 1. The van der Waals surface area contributed by atoms with Gasteiger partial charge in [0.15, 0.2) is 5.84 Å². The average Bonchev–Trinajstić information content (AvgIpc) is 3.70. The minimum atomic E-state index is 0.0673. The lowest BCUT2D eigenvalue weighted by molar-refractivity contribution is 0.929. The molecule has 0 radical (unpaired) electrons. The molecule has 10 aromatic rings. The molecule has 0 aliphatic carbocycles. The van der Waals surface area contributed by atoms with Gasteiger partial charge in [0.25, 0.3) is 0 Å². The summed E-state index contributed by atoms with van der Waals surface area (Å²) in [7, 11) is 0. The van der Waals surface area contributed by atoms with Crippen LogP contribution < -0.4 is 0 Å². The van der Waals surface area contributed by atoms with Crippen LogP contribution >= 0.6 is 11.3 Å². The Hall–Kier alpha value is -7.20. The van der Waals surface area contributed by atoms with Gasteiger partial charge in [0, 0.05) is 37.2 Å². The highest BCUT2D eigenvalue weighted by Crippen LogP contribution is 2.45. The maximum atomic E-state index is 5.63. The summed E-state index contributed by atoms with van der Waals surface area (Å²) < 4.78 is 2.54. The Bertz CT molecular complexity index is 3420. The predicted molar refractivity (Wildman–Crippen MR) is 267 cm³/mol. The van der Waals surface area contributed by atoms with E-state index in [1.807, 2.05) is 11.3 Å². The summed E-state index contributed by atoms with van der Waals surface area (Å²) in [6.07, 6.45) is 3.99. The number of aliphatic imine (C=N–C) groups is 2. The van der Waals surface area contributed by atoms with Gasteiger partial charge in [0.2, 0.25) is 0 Å². The van der Waals surface area contributed by atoms with Gasteiger partial charge in [-0.25, -0.2) is 9.98 Å². The Balaban J connectivity index is 1.13. The van der Waals surface area contributed by atoms with Crippen molar-refractivity contribution in [1.82, 2.24) is 0 Å². The number of rotatable bonds is 7. The van der Waals surface area contributed by atoms with Gasteiger partial charge in [-0.15, -0.1) is 11.3 Å². The summed E-state index contributed by atoms with van der Waals surface area (Å²) in [5.74, 6) is 0.793. The van der Waals surface area contributed by atoms with E-state index in [-0.39, 0.29) is 5.92 Å². The predicted octanol–water partition coefficient (Wildman–Crippen LogP) is 16.2. The number of hydrogen-bond acceptors (Lipinski definition) is 3. The highest BCUT2D eigenvalue weighted by atomic mass is 32.1.